The monoisotopic (exact) mass is 290 g/mol. The summed E-state index contributed by atoms with van der Waals surface area (Å²) in [5.41, 5.74) is 8.14. The number of carbonyl (C=O) groups excluding carboxylic acids is 1. The fourth-order valence-corrected chi connectivity index (χ4v) is 2.62. The first-order valence-corrected chi connectivity index (χ1v) is 7.55. The molecule has 1 aromatic rings. The molecule has 1 amide bonds. The molecule has 1 aliphatic carbocycles. The molecule has 2 rings (SSSR count). The predicted molar refractivity (Wildman–Crippen MR) is 84.1 cm³/mol. The molecule has 0 bridgehead atoms. The minimum absolute atomic E-state index is 0.141. The molecule has 0 aliphatic heterocycles. The largest absolute Gasteiger partial charge is 0.444 e. The lowest BCUT2D eigenvalue weighted by Crippen LogP contribution is -2.33. The number of amides is 1. The van der Waals surface area contributed by atoms with Gasteiger partial charge in [0.05, 0.1) is 0 Å². The van der Waals surface area contributed by atoms with Gasteiger partial charge in [0.2, 0.25) is 0 Å². The summed E-state index contributed by atoms with van der Waals surface area (Å²) in [7, 11) is 0. The van der Waals surface area contributed by atoms with Crippen molar-refractivity contribution in [2.24, 2.45) is 5.73 Å². The van der Waals surface area contributed by atoms with Crippen molar-refractivity contribution in [1.29, 1.82) is 0 Å². The van der Waals surface area contributed by atoms with E-state index in [0.29, 0.717) is 6.54 Å². The maximum Gasteiger partial charge on any atom is 0.407 e. The molecule has 1 atom stereocenters. The quantitative estimate of drug-likeness (QED) is 0.895. The van der Waals surface area contributed by atoms with Crippen LogP contribution in [0.4, 0.5) is 4.79 Å². The van der Waals surface area contributed by atoms with Crippen LogP contribution in [0.1, 0.15) is 51.7 Å². The average Bonchev–Trinajstić information content (AvgIpc) is 3.16. The summed E-state index contributed by atoms with van der Waals surface area (Å²) >= 11 is 0. The molecule has 1 saturated carbocycles. The van der Waals surface area contributed by atoms with Gasteiger partial charge in [-0.25, -0.2) is 4.79 Å². The number of nitrogens with one attached hydrogen (secondary N) is 1. The summed E-state index contributed by atoms with van der Waals surface area (Å²) in [6.07, 6.45) is 1.91. The SMILES string of the molecule is CC(N)C1(c2cccc(CNC(=O)OC(C)(C)C)c2)CC1. The first kappa shape index (κ1) is 15.8. The normalized spacial score (nSPS) is 18.0. The molecular weight excluding hydrogens is 264 g/mol. The second kappa shape index (κ2) is 5.68. The third kappa shape index (κ3) is 3.97. The number of carbonyl (C=O) groups is 1. The topological polar surface area (TPSA) is 64.3 Å². The first-order chi connectivity index (χ1) is 9.73. The van der Waals surface area contributed by atoms with Crippen LogP contribution in [0.3, 0.4) is 0 Å². The maximum atomic E-state index is 11.7. The molecule has 116 valence electrons. The Bertz CT molecular complexity index is 514. The zero-order valence-electron chi connectivity index (χ0n) is 13.4. The predicted octanol–water partition coefficient (Wildman–Crippen LogP) is 3.09. The molecule has 3 N–H and O–H groups in total. The molecule has 0 aromatic heterocycles. The number of nitrogens with two attached hydrogens (primary N) is 1. The van der Waals surface area contributed by atoms with Crippen molar-refractivity contribution in [3.05, 3.63) is 35.4 Å². The number of hydrogen-bond donors (Lipinski definition) is 2. The standard InChI is InChI=1S/C17H26N2O2/c1-12(18)17(8-9-17)14-7-5-6-13(10-14)11-19-15(20)21-16(2,3)4/h5-7,10,12H,8-9,11,18H2,1-4H3,(H,19,20). The Morgan fingerprint density at radius 2 is 2.10 bits per heavy atom. The van der Waals surface area contributed by atoms with Crippen LogP contribution < -0.4 is 11.1 Å². The third-order valence-electron chi connectivity index (χ3n) is 4.00. The Hall–Kier alpha value is -1.55. The first-order valence-electron chi connectivity index (χ1n) is 7.55. The van der Waals surface area contributed by atoms with Crippen molar-refractivity contribution in [2.75, 3.05) is 0 Å². The van der Waals surface area contributed by atoms with Gasteiger partial charge in [0, 0.05) is 18.0 Å². The maximum absolute atomic E-state index is 11.7. The van der Waals surface area contributed by atoms with Crippen LogP contribution in [0, 0.1) is 0 Å². The third-order valence-corrected chi connectivity index (χ3v) is 4.00. The minimum atomic E-state index is -0.473. The molecule has 0 saturated heterocycles. The fourth-order valence-electron chi connectivity index (χ4n) is 2.62. The van der Waals surface area contributed by atoms with Crippen LogP contribution in [0.5, 0.6) is 0 Å². The molecule has 1 fully saturated rings. The van der Waals surface area contributed by atoms with Crippen LogP contribution >= 0.6 is 0 Å². The van der Waals surface area contributed by atoms with Gasteiger partial charge >= 0.3 is 6.09 Å². The Morgan fingerprint density at radius 1 is 1.43 bits per heavy atom. The highest BCUT2D eigenvalue weighted by atomic mass is 16.6. The van der Waals surface area contributed by atoms with E-state index in [1.54, 1.807) is 0 Å². The number of hydrogen-bond acceptors (Lipinski definition) is 3. The van der Waals surface area contributed by atoms with Crippen molar-refractivity contribution in [1.82, 2.24) is 5.32 Å². The van der Waals surface area contributed by atoms with Crippen molar-refractivity contribution >= 4 is 6.09 Å². The molecule has 1 unspecified atom stereocenters. The molecular formula is C17H26N2O2. The molecule has 4 nitrogen and oxygen atoms in total. The average molecular weight is 290 g/mol. The molecule has 0 heterocycles. The second-order valence-electron chi connectivity index (χ2n) is 7.00. The highest BCUT2D eigenvalue weighted by molar-refractivity contribution is 5.67. The van der Waals surface area contributed by atoms with E-state index in [0.717, 1.165) is 18.4 Å². The van der Waals surface area contributed by atoms with E-state index in [1.165, 1.54) is 5.56 Å². The van der Waals surface area contributed by atoms with Gasteiger partial charge in [-0.3, -0.25) is 0 Å². The van der Waals surface area contributed by atoms with Crippen molar-refractivity contribution < 1.29 is 9.53 Å². The summed E-state index contributed by atoms with van der Waals surface area (Å²) < 4.78 is 5.24. The lowest BCUT2D eigenvalue weighted by Gasteiger charge is -2.21. The summed E-state index contributed by atoms with van der Waals surface area (Å²) in [5, 5.41) is 2.79. The van der Waals surface area contributed by atoms with E-state index in [2.05, 4.69) is 24.4 Å². The van der Waals surface area contributed by atoms with Crippen molar-refractivity contribution in [2.45, 2.75) is 64.1 Å². The van der Waals surface area contributed by atoms with Gasteiger partial charge in [-0.05, 0) is 51.7 Å². The Morgan fingerprint density at radius 3 is 2.62 bits per heavy atom. The van der Waals surface area contributed by atoms with Crippen LogP contribution in [0.15, 0.2) is 24.3 Å². The van der Waals surface area contributed by atoms with Gasteiger partial charge in [-0.2, -0.15) is 0 Å². The molecule has 0 radical (unpaired) electrons. The molecule has 21 heavy (non-hydrogen) atoms. The lowest BCUT2D eigenvalue weighted by atomic mass is 9.88. The Kier molecular flexibility index (Phi) is 4.28. The van der Waals surface area contributed by atoms with Gasteiger partial charge < -0.3 is 15.8 Å². The van der Waals surface area contributed by atoms with Gasteiger partial charge in [-0.1, -0.05) is 24.3 Å². The van der Waals surface area contributed by atoms with Crippen LogP contribution in [-0.2, 0) is 16.7 Å². The van der Waals surface area contributed by atoms with Crippen molar-refractivity contribution in [3.8, 4) is 0 Å². The zero-order valence-corrected chi connectivity index (χ0v) is 13.4. The van der Waals surface area contributed by atoms with Gasteiger partial charge in [0.1, 0.15) is 5.60 Å². The number of rotatable bonds is 4. The second-order valence-corrected chi connectivity index (χ2v) is 7.00. The smallest absolute Gasteiger partial charge is 0.407 e. The molecule has 1 aliphatic rings. The Balaban J connectivity index is 1.98. The van der Waals surface area contributed by atoms with Gasteiger partial charge in [-0.15, -0.1) is 0 Å². The molecule has 1 aromatic carbocycles. The summed E-state index contributed by atoms with van der Waals surface area (Å²) in [6, 6.07) is 8.48. The number of ether oxygens (including phenoxy) is 1. The van der Waals surface area contributed by atoms with Gasteiger partial charge in [0.15, 0.2) is 0 Å². The number of alkyl carbamates (subject to hydrolysis) is 1. The van der Waals surface area contributed by atoms with Gasteiger partial charge in [0.25, 0.3) is 0 Å². The summed E-state index contributed by atoms with van der Waals surface area (Å²) in [5.74, 6) is 0. The van der Waals surface area contributed by atoms with E-state index in [-0.39, 0.29) is 17.6 Å². The minimum Gasteiger partial charge on any atom is -0.444 e. The van der Waals surface area contributed by atoms with Crippen LogP contribution in [0.2, 0.25) is 0 Å². The fraction of sp³-hybridized carbons (Fsp3) is 0.588. The number of benzene rings is 1. The van der Waals surface area contributed by atoms with Crippen LogP contribution in [0.25, 0.3) is 0 Å². The summed E-state index contributed by atoms with van der Waals surface area (Å²) in [6.45, 7) is 8.10. The molecule has 0 spiro atoms. The molecule has 4 heteroatoms. The lowest BCUT2D eigenvalue weighted by molar-refractivity contribution is 0.0523. The zero-order chi connectivity index (χ0) is 15.7. The highest BCUT2D eigenvalue weighted by Crippen LogP contribution is 2.50. The summed E-state index contributed by atoms with van der Waals surface area (Å²) in [4.78, 5) is 11.7. The van der Waals surface area contributed by atoms with E-state index in [1.807, 2.05) is 32.9 Å². The van der Waals surface area contributed by atoms with E-state index in [4.69, 9.17) is 10.5 Å². The van der Waals surface area contributed by atoms with E-state index >= 15 is 0 Å². The highest BCUT2D eigenvalue weighted by Gasteiger charge is 2.47. The van der Waals surface area contributed by atoms with Crippen LogP contribution in [-0.4, -0.2) is 17.7 Å². The van der Waals surface area contributed by atoms with Crippen molar-refractivity contribution in [3.63, 3.8) is 0 Å². The van der Waals surface area contributed by atoms with E-state index < -0.39 is 5.60 Å². The van der Waals surface area contributed by atoms with E-state index in [9.17, 15) is 4.79 Å². The Labute approximate surface area is 127 Å².